The van der Waals surface area contributed by atoms with Gasteiger partial charge in [-0.2, -0.15) is 0 Å². The summed E-state index contributed by atoms with van der Waals surface area (Å²) in [6, 6.07) is 16.2. The number of imidazole rings is 1. The van der Waals surface area contributed by atoms with Gasteiger partial charge in [-0.25, -0.2) is 9.36 Å². The standard InChI is InChI=1S/C18H15N3OS/c1-12-11-19-23-17(12)18-20-15-5-3-4-6-16(15)21(18)13-7-9-14(22-2)10-8-13/h3-11H,1-2H3. The molecule has 0 fully saturated rings. The maximum absolute atomic E-state index is 5.26. The normalized spacial score (nSPS) is 11.0. The Balaban J connectivity index is 2.01. The van der Waals surface area contributed by atoms with Gasteiger partial charge in [-0.05, 0) is 60.4 Å². The molecule has 0 amide bonds. The van der Waals surface area contributed by atoms with Gasteiger partial charge >= 0.3 is 0 Å². The molecule has 2 aromatic heterocycles. The second-order valence-corrected chi connectivity index (χ2v) is 6.10. The molecule has 2 aromatic carbocycles. The second-order valence-electron chi connectivity index (χ2n) is 5.30. The maximum atomic E-state index is 5.26. The SMILES string of the molecule is COc1ccc(-n2c(-c3sncc3C)nc3ccccc32)cc1. The van der Waals surface area contributed by atoms with Crippen LogP contribution in [0.2, 0.25) is 0 Å². The van der Waals surface area contributed by atoms with Gasteiger partial charge < -0.3 is 4.74 Å². The van der Waals surface area contributed by atoms with E-state index in [0.717, 1.165) is 38.7 Å². The second kappa shape index (κ2) is 5.52. The van der Waals surface area contributed by atoms with Crippen molar-refractivity contribution in [1.82, 2.24) is 13.9 Å². The summed E-state index contributed by atoms with van der Waals surface area (Å²) in [5.41, 5.74) is 4.26. The van der Waals surface area contributed by atoms with Crippen LogP contribution in [0.15, 0.2) is 54.7 Å². The van der Waals surface area contributed by atoms with Gasteiger partial charge in [-0.15, -0.1) is 0 Å². The van der Waals surface area contributed by atoms with Crippen LogP contribution in [-0.4, -0.2) is 21.0 Å². The largest absolute Gasteiger partial charge is 0.497 e. The van der Waals surface area contributed by atoms with Gasteiger partial charge in [-0.3, -0.25) is 4.57 Å². The number of methoxy groups -OCH3 is 1. The van der Waals surface area contributed by atoms with E-state index in [1.807, 2.05) is 48.7 Å². The quantitative estimate of drug-likeness (QED) is 0.559. The monoisotopic (exact) mass is 321 g/mol. The van der Waals surface area contributed by atoms with Crippen molar-refractivity contribution in [3.05, 3.63) is 60.3 Å². The Morgan fingerprint density at radius 1 is 1.04 bits per heavy atom. The van der Waals surface area contributed by atoms with E-state index in [1.54, 1.807) is 7.11 Å². The molecule has 4 rings (SSSR count). The zero-order valence-corrected chi connectivity index (χ0v) is 13.7. The number of rotatable bonds is 3. The third-order valence-corrected chi connectivity index (χ3v) is 4.74. The molecule has 2 heterocycles. The van der Waals surface area contributed by atoms with Gasteiger partial charge in [0.2, 0.25) is 0 Å². The number of hydrogen-bond acceptors (Lipinski definition) is 4. The molecule has 4 aromatic rings. The van der Waals surface area contributed by atoms with Gasteiger partial charge in [0.25, 0.3) is 0 Å². The zero-order chi connectivity index (χ0) is 15.8. The van der Waals surface area contributed by atoms with Crippen molar-refractivity contribution < 1.29 is 4.74 Å². The fourth-order valence-electron chi connectivity index (χ4n) is 2.68. The minimum atomic E-state index is 0.841. The molecular weight excluding hydrogens is 306 g/mol. The van der Waals surface area contributed by atoms with E-state index >= 15 is 0 Å². The summed E-state index contributed by atoms with van der Waals surface area (Å²) < 4.78 is 11.7. The van der Waals surface area contributed by atoms with Crippen LogP contribution < -0.4 is 4.74 Å². The van der Waals surface area contributed by atoms with Crippen molar-refractivity contribution >= 4 is 22.6 Å². The Labute approximate surface area is 138 Å². The average Bonchev–Trinajstić information content (AvgIpc) is 3.18. The predicted octanol–water partition coefficient (Wildman–Crippen LogP) is 4.47. The number of aryl methyl sites for hydroxylation is 1. The average molecular weight is 321 g/mol. The minimum Gasteiger partial charge on any atom is -0.497 e. The summed E-state index contributed by atoms with van der Waals surface area (Å²) in [4.78, 5) is 5.93. The Morgan fingerprint density at radius 2 is 1.83 bits per heavy atom. The molecule has 114 valence electrons. The molecule has 0 bridgehead atoms. The van der Waals surface area contributed by atoms with Gasteiger partial charge in [0.05, 0.1) is 23.0 Å². The van der Waals surface area contributed by atoms with Gasteiger partial charge in [0.1, 0.15) is 5.75 Å². The molecule has 23 heavy (non-hydrogen) atoms. The molecule has 0 atom stereocenters. The molecule has 5 heteroatoms. The van der Waals surface area contributed by atoms with E-state index in [2.05, 4.69) is 21.9 Å². The van der Waals surface area contributed by atoms with Crippen LogP contribution in [0.1, 0.15) is 5.56 Å². The summed E-state index contributed by atoms with van der Waals surface area (Å²) in [5.74, 6) is 1.77. The minimum absolute atomic E-state index is 0.841. The van der Waals surface area contributed by atoms with E-state index in [9.17, 15) is 0 Å². The molecular formula is C18H15N3OS. The molecule has 0 N–H and O–H groups in total. The first-order valence-electron chi connectivity index (χ1n) is 7.31. The first kappa shape index (κ1) is 14.0. The van der Waals surface area contributed by atoms with E-state index in [-0.39, 0.29) is 0 Å². The van der Waals surface area contributed by atoms with Crippen molar-refractivity contribution in [2.24, 2.45) is 0 Å². The Hall–Kier alpha value is -2.66. The first-order valence-corrected chi connectivity index (χ1v) is 8.09. The summed E-state index contributed by atoms with van der Waals surface area (Å²) in [7, 11) is 1.67. The van der Waals surface area contributed by atoms with E-state index in [4.69, 9.17) is 9.72 Å². The third kappa shape index (κ3) is 2.29. The fraction of sp³-hybridized carbons (Fsp3) is 0.111. The van der Waals surface area contributed by atoms with Crippen molar-refractivity contribution in [3.63, 3.8) is 0 Å². The van der Waals surface area contributed by atoms with E-state index < -0.39 is 0 Å². The highest BCUT2D eigenvalue weighted by Crippen LogP contribution is 2.32. The van der Waals surface area contributed by atoms with Crippen LogP contribution in [0, 0.1) is 6.92 Å². The molecule has 0 aliphatic heterocycles. The summed E-state index contributed by atoms with van der Waals surface area (Å²) in [5, 5.41) is 0. The van der Waals surface area contributed by atoms with E-state index in [0.29, 0.717) is 0 Å². The number of nitrogens with zero attached hydrogens (tertiary/aromatic N) is 3. The third-order valence-electron chi connectivity index (χ3n) is 3.84. The highest BCUT2D eigenvalue weighted by Gasteiger charge is 2.17. The molecule has 0 unspecified atom stereocenters. The zero-order valence-electron chi connectivity index (χ0n) is 12.9. The van der Waals surface area contributed by atoms with Crippen LogP contribution >= 0.6 is 11.5 Å². The van der Waals surface area contributed by atoms with Gasteiger partial charge in [0.15, 0.2) is 5.82 Å². The number of fused-ring (bicyclic) bond motifs is 1. The predicted molar refractivity (Wildman–Crippen MR) is 93.5 cm³/mol. The molecule has 0 saturated carbocycles. The summed E-state index contributed by atoms with van der Waals surface area (Å²) in [6.07, 6.45) is 1.89. The molecule has 0 aliphatic rings. The smallest absolute Gasteiger partial charge is 0.157 e. The van der Waals surface area contributed by atoms with Gasteiger partial charge in [0, 0.05) is 11.9 Å². The topological polar surface area (TPSA) is 39.9 Å². The number of aromatic nitrogens is 3. The molecule has 0 radical (unpaired) electrons. The Morgan fingerprint density at radius 3 is 2.52 bits per heavy atom. The number of benzene rings is 2. The lowest BCUT2D eigenvalue weighted by Gasteiger charge is -2.09. The lowest BCUT2D eigenvalue weighted by Crippen LogP contribution is -1.97. The van der Waals surface area contributed by atoms with Crippen LogP contribution in [-0.2, 0) is 0 Å². The van der Waals surface area contributed by atoms with Crippen molar-refractivity contribution in [1.29, 1.82) is 0 Å². The molecule has 0 saturated heterocycles. The lowest BCUT2D eigenvalue weighted by atomic mass is 10.2. The molecule has 0 aliphatic carbocycles. The van der Waals surface area contributed by atoms with Crippen molar-refractivity contribution in [2.75, 3.05) is 7.11 Å². The van der Waals surface area contributed by atoms with Gasteiger partial charge in [-0.1, -0.05) is 12.1 Å². The van der Waals surface area contributed by atoms with E-state index in [1.165, 1.54) is 11.5 Å². The first-order chi connectivity index (χ1) is 11.3. The van der Waals surface area contributed by atoms with Crippen LogP contribution in [0.3, 0.4) is 0 Å². The summed E-state index contributed by atoms with van der Waals surface area (Å²) >= 11 is 1.48. The number of para-hydroxylation sites is 2. The highest BCUT2D eigenvalue weighted by molar-refractivity contribution is 7.09. The maximum Gasteiger partial charge on any atom is 0.157 e. The van der Waals surface area contributed by atoms with Crippen LogP contribution in [0.5, 0.6) is 5.75 Å². The van der Waals surface area contributed by atoms with Crippen LogP contribution in [0.25, 0.3) is 27.4 Å². The van der Waals surface area contributed by atoms with Crippen LogP contribution in [0.4, 0.5) is 0 Å². The Bertz CT molecular complexity index is 970. The Kier molecular flexibility index (Phi) is 3.35. The van der Waals surface area contributed by atoms with Crippen molar-refractivity contribution in [3.8, 4) is 22.1 Å². The number of hydrogen-bond donors (Lipinski definition) is 0. The molecule has 0 spiro atoms. The van der Waals surface area contributed by atoms with Crippen molar-refractivity contribution in [2.45, 2.75) is 6.92 Å². The number of ether oxygens (including phenoxy) is 1. The fourth-order valence-corrected chi connectivity index (χ4v) is 3.41. The lowest BCUT2D eigenvalue weighted by molar-refractivity contribution is 0.415. The highest BCUT2D eigenvalue weighted by atomic mass is 32.1. The molecule has 4 nitrogen and oxygen atoms in total. The summed E-state index contributed by atoms with van der Waals surface area (Å²) in [6.45, 7) is 2.07.